The molecule has 31 heavy (non-hydrogen) atoms. The fourth-order valence-electron chi connectivity index (χ4n) is 9.02. The number of carbonyl (C=O) groups excluding carboxylic acids is 2. The molecule has 0 bridgehead atoms. The molecule has 6 aliphatic rings. The summed E-state index contributed by atoms with van der Waals surface area (Å²) in [5.41, 5.74) is 1.10. The maximum Gasteiger partial charge on any atom is 0.172 e. The highest BCUT2D eigenvalue weighted by Gasteiger charge is 2.68. The summed E-state index contributed by atoms with van der Waals surface area (Å²) in [5.74, 6) is 2.68. The van der Waals surface area contributed by atoms with Crippen molar-refractivity contribution in [3.8, 4) is 0 Å². The van der Waals surface area contributed by atoms with Crippen molar-refractivity contribution in [1.82, 2.24) is 0 Å². The molecule has 0 N–H and O–H groups in total. The summed E-state index contributed by atoms with van der Waals surface area (Å²) in [4.78, 5) is 26.1. The minimum atomic E-state index is -0.503. The minimum absolute atomic E-state index is 0.00423. The number of fused-ring (bicyclic) bond motifs is 7. The van der Waals surface area contributed by atoms with Gasteiger partial charge < -0.3 is 9.47 Å². The van der Waals surface area contributed by atoms with E-state index in [1.54, 1.807) is 0 Å². The van der Waals surface area contributed by atoms with Crippen LogP contribution in [0.5, 0.6) is 0 Å². The standard InChI is InChI=1S/C27H38O4/c1-15-7-10-27(30-14-15)16(2)24-22(31-27)12-21-19-6-5-17-11-18(28)8-9-25(17,3)20(19)13-23(29)26(21,24)4/h12,15-17,19-20,22,24H,5-11,13-14H2,1-4H3/t15?,16-,17?,19+,20-,22-,24-,25-,26+,27+/m0/s1. The van der Waals surface area contributed by atoms with Crippen LogP contribution in [0, 0.1) is 46.3 Å². The quantitative estimate of drug-likeness (QED) is 0.506. The fraction of sp³-hybridized carbons (Fsp3) is 0.852. The summed E-state index contributed by atoms with van der Waals surface area (Å²) in [5, 5.41) is 0. The molecule has 0 aromatic heterocycles. The maximum absolute atomic E-state index is 13.9. The highest BCUT2D eigenvalue weighted by atomic mass is 16.7. The van der Waals surface area contributed by atoms with Gasteiger partial charge in [0.1, 0.15) is 11.6 Å². The van der Waals surface area contributed by atoms with Crippen molar-refractivity contribution >= 4 is 11.6 Å². The molecule has 2 heterocycles. The number of rotatable bonds is 0. The second kappa shape index (κ2) is 6.53. The van der Waals surface area contributed by atoms with E-state index in [4.69, 9.17) is 9.47 Å². The van der Waals surface area contributed by atoms with Crippen molar-refractivity contribution in [1.29, 1.82) is 0 Å². The van der Waals surface area contributed by atoms with E-state index < -0.39 is 11.2 Å². The second-order valence-electron chi connectivity index (χ2n) is 12.4. The van der Waals surface area contributed by atoms with Gasteiger partial charge >= 0.3 is 0 Å². The highest BCUT2D eigenvalue weighted by molar-refractivity contribution is 5.91. The predicted octanol–water partition coefficient (Wildman–Crippen LogP) is 5.10. The number of ether oxygens (including phenoxy) is 2. The smallest absolute Gasteiger partial charge is 0.172 e. The van der Waals surface area contributed by atoms with E-state index in [0.717, 1.165) is 45.1 Å². The van der Waals surface area contributed by atoms with Gasteiger partial charge in [0.25, 0.3) is 0 Å². The van der Waals surface area contributed by atoms with Crippen molar-refractivity contribution in [2.24, 2.45) is 46.3 Å². The molecule has 0 radical (unpaired) electrons. The van der Waals surface area contributed by atoms with Crippen LogP contribution >= 0.6 is 0 Å². The van der Waals surface area contributed by atoms with E-state index >= 15 is 0 Å². The monoisotopic (exact) mass is 426 g/mol. The third-order valence-electron chi connectivity index (χ3n) is 11.0. The molecular weight excluding hydrogens is 388 g/mol. The Hall–Kier alpha value is -1.00. The first-order valence-corrected chi connectivity index (χ1v) is 12.8. The zero-order valence-electron chi connectivity index (χ0n) is 19.6. The Morgan fingerprint density at radius 3 is 2.58 bits per heavy atom. The summed E-state index contributed by atoms with van der Waals surface area (Å²) in [6.07, 6.45) is 9.77. The van der Waals surface area contributed by atoms with Crippen LogP contribution in [-0.4, -0.2) is 30.1 Å². The first-order valence-electron chi connectivity index (χ1n) is 12.8. The third kappa shape index (κ3) is 2.55. The first-order chi connectivity index (χ1) is 14.7. The summed E-state index contributed by atoms with van der Waals surface area (Å²) >= 11 is 0. The van der Waals surface area contributed by atoms with Gasteiger partial charge in [-0.1, -0.05) is 32.4 Å². The van der Waals surface area contributed by atoms with E-state index in [0.29, 0.717) is 48.1 Å². The van der Waals surface area contributed by atoms with E-state index in [1.165, 1.54) is 5.57 Å². The Morgan fingerprint density at radius 2 is 1.84 bits per heavy atom. The van der Waals surface area contributed by atoms with Gasteiger partial charge in [0.05, 0.1) is 18.1 Å². The Bertz CT molecular complexity index is 851. The molecule has 6 rings (SSSR count). The molecular formula is C27H38O4. The van der Waals surface area contributed by atoms with Gasteiger partial charge in [-0.25, -0.2) is 0 Å². The van der Waals surface area contributed by atoms with Crippen molar-refractivity contribution in [3.05, 3.63) is 11.6 Å². The van der Waals surface area contributed by atoms with Crippen molar-refractivity contribution in [2.45, 2.75) is 91.0 Å². The number of ketones is 2. The molecule has 2 saturated heterocycles. The molecule has 4 heteroatoms. The molecule has 170 valence electrons. The fourth-order valence-corrected chi connectivity index (χ4v) is 9.02. The number of Topliss-reactive ketones (excluding diaryl/α,β-unsaturated/α-hetero) is 2. The molecule has 2 aliphatic heterocycles. The van der Waals surface area contributed by atoms with Gasteiger partial charge in [-0.05, 0) is 61.7 Å². The molecule has 0 aromatic carbocycles. The lowest BCUT2D eigenvalue weighted by atomic mass is 9.45. The van der Waals surface area contributed by atoms with Crippen LogP contribution in [0.2, 0.25) is 0 Å². The van der Waals surface area contributed by atoms with Crippen LogP contribution in [0.4, 0.5) is 0 Å². The number of hydrogen-bond donors (Lipinski definition) is 0. The van der Waals surface area contributed by atoms with Crippen LogP contribution in [-0.2, 0) is 19.1 Å². The summed E-state index contributed by atoms with van der Waals surface area (Å²) < 4.78 is 13.1. The van der Waals surface area contributed by atoms with Crippen molar-refractivity contribution in [3.63, 3.8) is 0 Å². The van der Waals surface area contributed by atoms with Crippen LogP contribution in [0.25, 0.3) is 0 Å². The first kappa shape index (κ1) is 20.6. The maximum atomic E-state index is 13.9. The second-order valence-corrected chi connectivity index (χ2v) is 12.4. The Kier molecular flexibility index (Phi) is 4.34. The Balaban J connectivity index is 1.35. The molecule has 0 aromatic rings. The lowest BCUT2D eigenvalue weighted by Gasteiger charge is -2.58. The molecule has 4 aliphatic carbocycles. The van der Waals surface area contributed by atoms with Crippen LogP contribution in [0.1, 0.15) is 79.1 Å². The Labute approximate surface area is 186 Å². The summed E-state index contributed by atoms with van der Waals surface area (Å²) in [6, 6.07) is 0. The zero-order valence-corrected chi connectivity index (χ0v) is 19.6. The minimum Gasteiger partial charge on any atom is -0.349 e. The predicted molar refractivity (Wildman–Crippen MR) is 117 cm³/mol. The van der Waals surface area contributed by atoms with Gasteiger partial charge in [0.2, 0.25) is 0 Å². The molecule has 10 atom stereocenters. The van der Waals surface area contributed by atoms with E-state index in [2.05, 4.69) is 33.8 Å². The lowest BCUT2D eigenvalue weighted by Crippen LogP contribution is -2.55. The largest absolute Gasteiger partial charge is 0.349 e. The Morgan fingerprint density at radius 1 is 1.03 bits per heavy atom. The van der Waals surface area contributed by atoms with Crippen molar-refractivity contribution < 1.29 is 19.1 Å². The van der Waals surface area contributed by atoms with Crippen LogP contribution in [0.3, 0.4) is 0 Å². The summed E-state index contributed by atoms with van der Waals surface area (Å²) in [6.45, 7) is 9.89. The number of carbonyl (C=O) groups is 2. The number of allylic oxidation sites excluding steroid dienone is 1. The van der Waals surface area contributed by atoms with Gasteiger partial charge in [-0.2, -0.15) is 0 Å². The lowest BCUT2D eigenvalue weighted by molar-refractivity contribution is -0.265. The van der Waals surface area contributed by atoms with Crippen LogP contribution < -0.4 is 0 Å². The zero-order chi connectivity index (χ0) is 21.8. The van der Waals surface area contributed by atoms with E-state index in [9.17, 15) is 9.59 Å². The highest BCUT2D eigenvalue weighted by Crippen LogP contribution is 2.68. The van der Waals surface area contributed by atoms with E-state index in [-0.39, 0.29) is 23.4 Å². The van der Waals surface area contributed by atoms with Gasteiger partial charge in [-0.3, -0.25) is 9.59 Å². The van der Waals surface area contributed by atoms with Crippen LogP contribution in [0.15, 0.2) is 11.6 Å². The molecule has 3 saturated carbocycles. The average Bonchev–Trinajstić information content (AvgIpc) is 3.18. The van der Waals surface area contributed by atoms with E-state index in [1.807, 2.05) is 0 Å². The molecule has 2 unspecified atom stereocenters. The average molecular weight is 427 g/mol. The number of hydrogen-bond acceptors (Lipinski definition) is 4. The molecule has 5 fully saturated rings. The third-order valence-corrected chi connectivity index (χ3v) is 11.0. The molecule has 4 nitrogen and oxygen atoms in total. The SMILES string of the molecule is CC1CC[C@@]2(OC1)O[C@H]1C=C3[C@@H]4CCC5CC(=O)CC[C@]5(C)[C@H]4CC(=O)[C@]3(C)[C@H]1[C@@H]2C. The normalized spacial score (nSPS) is 56.0. The molecule has 1 spiro atoms. The van der Waals surface area contributed by atoms with Gasteiger partial charge in [-0.15, -0.1) is 0 Å². The molecule has 0 amide bonds. The van der Waals surface area contributed by atoms with Gasteiger partial charge in [0, 0.05) is 37.5 Å². The summed E-state index contributed by atoms with van der Waals surface area (Å²) in [7, 11) is 0. The van der Waals surface area contributed by atoms with Crippen molar-refractivity contribution in [2.75, 3.05) is 6.61 Å². The topological polar surface area (TPSA) is 52.6 Å². The van der Waals surface area contributed by atoms with Gasteiger partial charge in [0.15, 0.2) is 5.79 Å².